The molecule has 0 radical (unpaired) electrons. The molecule has 0 saturated carbocycles. The Hall–Kier alpha value is 0.000649. The second-order valence-electron chi connectivity index (χ2n) is 9.34. The highest BCUT2D eigenvalue weighted by Gasteiger charge is 2.58. The third-order valence-corrected chi connectivity index (χ3v) is 6.25. The fraction of sp³-hybridized carbons (Fsp3) is 0.933. The fourth-order valence-corrected chi connectivity index (χ4v) is 5.82. The van der Waals surface area contributed by atoms with Gasteiger partial charge in [-0.25, -0.2) is 4.79 Å². The molecule has 1 aliphatic heterocycles. The number of cyclic esters (lactones) is 1. The number of carbonyl (C=O) groups excluding carboxylic acids is 1. The molecular weight excluding hydrogens is 344 g/mol. The van der Waals surface area contributed by atoms with E-state index in [1.807, 2.05) is 6.92 Å². The van der Waals surface area contributed by atoms with Crippen LogP contribution in [0.25, 0.3) is 0 Å². The van der Waals surface area contributed by atoms with Crippen molar-refractivity contribution in [2.24, 2.45) is 0 Å². The Bertz CT molecular complexity index is 436. The van der Waals surface area contributed by atoms with Gasteiger partial charge in [0.05, 0.1) is 6.61 Å². The molecule has 23 heavy (non-hydrogen) atoms. The average Bonchev–Trinajstić information content (AvgIpc) is 2.46. The van der Waals surface area contributed by atoms with Gasteiger partial charge in [0, 0.05) is 0 Å². The van der Waals surface area contributed by atoms with E-state index in [0.29, 0.717) is 6.61 Å². The van der Waals surface area contributed by atoms with Crippen LogP contribution in [-0.4, -0.2) is 55.3 Å². The van der Waals surface area contributed by atoms with Crippen LogP contribution in [0.2, 0.25) is 58.9 Å². The van der Waals surface area contributed by atoms with Crippen LogP contribution in [0, 0.1) is 0 Å². The number of hydrogen-bond acceptors (Lipinski definition) is 5. The third-order valence-electron chi connectivity index (χ3n) is 3.22. The van der Waals surface area contributed by atoms with E-state index in [0.717, 1.165) is 0 Å². The maximum atomic E-state index is 12.6. The number of esters is 1. The lowest BCUT2D eigenvalue weighted by Crippen LogP contribution is -2.56. The lowest BCUT2D eigenvalue weighted by atomic mass is 9.99. The Balaban J connectivity index is 3.06. The van der Waals surface area contributed by atoms with Gasteiger partial charge in [-0.05, 0) is 65.8 Å². The summed E-state index contributed by atoms with van der Waals surface area (Å²) >= 11 is 0. The van der Waals surface area contributed by atoms with E-state index in [1.165, 1.54) is 0 Å². The van der Waals surface area contributed by atoms with Crippen molar-refractivity contribution < 1.29 is 22.8 Å². The Morgan fingerprint density at radius 1 is 0.957 bits per heavy atom. The first-order valence-corrected chi connectivity index (χ1v) is 18.5. The molecule has 1 saturated heterocycles. The van der Waals surface area contributed by atoms with Gasteiger partial charge >= 0.3 is 5.97 Å². The average molecular weight is 379 g/mol. The van der Waals surface area contributed by atoms with E-state index in [9.17, 15) is 4.79 Å². The maximum absolute atomic E-state index is 12.6. The lowest BCUT2D eigenvalue weighted by Gasteiger charge is -2.38. The van der Waals surface area contributed by atoms with Crippen LogP contribution < -0.4 is 0 Å². The number of ether oxygens (including phenoxy) is 1. The molecule has 0 N–H and O–H groups in total. The molecule has 1 heterocycles. The molecule has 0 aromatic heterocycles. The van der Waals surface area contributed by atoms with Crippen molar-refractivity contribution in [2.45, 2.75) is 83.7 Å². The second-order valence-corrected chi connectivity index (χ2v) is 22.7. The van der Waals surface area contributed by atoms with Crippen LogP contribution in [0.1, 0.15) is 6.92 Å². The smallest absolute Gasteiger partial charge is 0.340 e. The van der Waals surface area contributed by atoms with E-state index in [-0.39, 0.29) is 5.97 Å². The molecule has 0 amide bonds. The summed E-state index contributed by atoms with van der Waals surface area (Å²) in [5, 5.41) is 0. The van der Waals surface area contributed by atoms with Crippen molar-refractivity contribution in [1.82, 2.24) is 0 Å². The van der Waals surface area contributed by atoms with Crippen LogP contribution in [0.4, 0.5) is 0 Å². The Morgan fingerprint density at radius 3 is 1.87 bits per heavy atom. The summed E-state index contributed by atoms with van der Waals surface area (Å²) < 4.78 is 24.2. The summed E-state index contributed by atoms with van der Waals surface area (Å²) in [6.45, 7) is 21.1. The van der Waals surface area contributed by atoms with Crippen LogP contribution in [0.5, 0.6) is 0 Å². The van der Waals surface area contributed by atoms with Crippen molar-refractivity contribution in [3.05, 3.63) is 0 Å². The molecule has 3 unspecified atom stereocenters. The van der Waals surface area contributed by atoms with E-state index in [2.05, 4.69) is 58.9 Å². The van der Waals surface area contributed by atoms with Crippen molar-refractivity contribution in [3.63, 3.8) is 0 Å². The predicted molar refractivity (Wildman–Crippen MR) is 100 cm³/mol. The van der Waals surface area contributed by atoms with E-state index in [1.54, 1.807) is 0 Å². The van der Waals surface area contributed by atoms with Crippen molar-refractivity contribution in [3.8, 4) is 0 Å². The summed E-state index contributed by atoms with van der Waals surface area (Å²) in [6.07, 6.45) is -0.813. The molecule has 3 atom stereocenters. The van der Waals surface area contributed by atoms with Gasteiger partial charge in [0.2, 0.25) is 0 Å². The van der Waals surface area contributed by atoms with Crippen LogP contribution >= 0.6 is 0 Å². The quantitative estimate of drug-likeness (QED) is 0.500. The monoisotopic (exact) mass is 378 g/mol. The molecule has 0 aliphatic carbocycles. The van der Waals surface area contributed by atoms with Gasteiger partial charge in [0.15, 0.2) is 36.7 Å². The summed E-state index contributed by atoms with van der Waals surface area (Å²) in [7, 11) is -5.51. The van der Waals surface area contributed by atoms with Crippen molar-refractivity contribution in [2.75, 3.05) is 6.61 Å². The summed E-state index contributed by atoms with van der Waals surface area (Å²) in [4.78, 5) is 12.6. The van der Waals surface area contributed by atoms with Gasteiger partial charge in [0.25, 0.3) is 0 Å². The first-order valence-electron chi connectivity index (χ1n) is 8.27. The minimum Gasteiger partial charge on any atom is -0.455 e. The first-order chi connectivity index (χ1) is 10.0. The van der Waals surface area contributed by atoms with Crippen molar-refractivity contribution in [1.29, 1.82) is 0 Å². The van der Waals surface area contributed by atoms with Gasteiger partial charge in [-0.3, -0.25) is 0 Å². The molecule has 8 heteroatoms. The normalized spacial score (nSPS) is 29.7. The zero-order chi connectivity index (χ0) is 18.3. The molecule has 0 aromatic carbocycles. The van der Waals surface area contributed by atoms with E-state index >= 15 is 0 Å². The Morgan fingerprint density at radius 2 is 1.48 bits per heavy atom. The minimum atomic E-state index is -1.94. The molecule has 1 fully saturated rings. The largest absolute Gasteiger partial charge is 0.455 e. The molecular formula is C15H34O5Si3. The zero-order valence-electron chi connectivity index (χ0n) is 16.4. The molecule has 1 rings (SSSR count). The minimum absolute atomic E-state index is 0.327. The predicted octanol–water partition coefficient (Wildman–Crippen LogP) is 3.59. The first kappa shape index (κ1) is 21.0. The third kappa shape index (κ3) is 6.43. The second kappa shape index (κ2) is 6.72. The number of hydrogen-bond donors (Lipinski definition) is 0. The van der Waals surface area contributed by atoms with Crippen LogP contribution in [0.3, 0.4) is 0 Å². The van der Waals surface area contributed by atoms with Crippen LogP contribution in [-0.2, 0) is 22.8 Å². The Labute approximate surface area is 144 Å². The molecule has 1 aliphatic rings. The summed E-state index contributed by atoms with van der Waals surface area (Å²) in [6, 6.07) is 0. The summed E-state index contributed by atoms with van der Waals surface area (Å²) in [5.74, 6) is -0.327. The van der Waals surface area contributed by atoms with Gasteiger partial charge in [-0.1, -0.05) is 0 Å². The maximum Gasteiger partial charge on any atom is 0.340 e. The molecule has 136 valence electrons. The highest BCUT2D eigenvalue weighted by molar-refractivity contribution is 6.70. The lowest BCUT2D eigenvalue weighted by molar-refractivity contribution is -0.153. The molecule has 0 bridgehead atoms. The standard InChI is InChI=1S/C15H34O5Si3/c1-15(20-23(8,9)10)13(19-22(5,6)7)12(18-14(15)16)11-17-21(2,3)4/h12-13H,11H2,1-10H3. The van der Waals surface area contributed by atoms with E-state index in [4.69, 9.17) is 18.0 Å². The highest BCUT2D eigenvalue weighted by atomic mass is 28.4. The van der Waals surface area contributed by atoms with E-state index < -0.39 is 42.8 Å². The number of rotatable bonds is 7. The zero-order valence-corrected chi connectivity index (χ0v) is 19.4. The SMILES string of the molecule is CC1(O[Si](C)(C)C)C(=O)OC(CO[Si](C)(C)C)C1O[Si](C)(C)C. The number of carbonyl (C=O) groups is 1. The molecule has 5 nitrogen and oxygen atoms in total. The van der Waals surface area contributed by atoms with Crippen molar-refractivity contribution >= 4 is 30.9 Å². The highest BCUT2D eigenvalue weighted by Crippen LogP contribution is 2.36. The molecule has 0 spiro atoms. The van der Waals surface area contributed by atoms with Gasteiger partial charge in [-0.2, -0.15) is 0 Å². The van der Waals surface area contributed by atoms with Gasteiger partial charge in [-0.15, -0.1) is 0 Å². The topological polar surface area (TPSA) is 54.0 Å². The summed E-state index contributed by atoms with van der Waals surface area (Å²) in [5.41, 5.74) is -1.04. The fourth-order valence-electron chi connectivity index (χ4n) is 2.55. The van der Waals surface area contributed by atoms with Gasteiger partial charge in [0.1, 0.15) is 6.10 Å². The van der Waals surface area contributed by atoms with Gasteiger partial charge < -0.3 is 18.0 Å². The van der Waals surface area contributed by atoms with Crippen LogP contribution in [0.15, 0.2) is 0 Å². The molecule has 0 aromatic rings. The Kier molecular flexibility index (Phi) is 6.15.